The molecule has 1 aromatic heterocycles. The fourth-order valence-electron chi connectivity index (χ4n) is 2.59. The van der Waals surface area contributed by atoms with E-state index >= 15 is 0 Å². The zero-order valence-corrected chi connectivity index (χ0v) is 9.73. The molecule has 2 fully saturated rings. The quantitative estimate of drug-likeness (QED) is 0.868. The Labute approximate surface area is 100 Å². The van der Waals surface area contributed by atoms with Crippen LogP contribution in [-0.4, -0.2) is 24.2 Å². The summed E-state index contributed by atoms with van der Waals surface area (Å²) in [5, 5.41) is 3.55. The molecule has 1 saturated carbocycles. The Morgan fingerprint density at radius 2 is 2.29 bits per heavy atom. The van der Waals surface area contributed by atoms with E-state index in [-0.39, 0.29) is 5.82 Å². The predicted octanol–water partition coefficient (Wildman–Crippen LogP) is 1.99. The third-order valence-electron chi connectivity index (χ3n) is 3.74. The van der Waals surface area contributed by atoms with Crippen molar-refractivity contribution in [1.29, 1.82) is 0 Å². The zero-order chi connectivity index (χ0) is 11.7. The van der Waals surface area contributed by atoms with Crippen LogP contribution < -0.4 is 10.1 Å². The Morgan fingerprint density at radius 1 is 1.35 bits per heavy atom. The second-order valence-electron chi connectivity index (χ2n) is 5.05. The molecule has 1 aromatic rings. The van der Waals surface area contributed by atoms with Gasteiger partial charge in [-0.3, -0.25) is 0 Å². The monoisotopic (exact) mass is 236 g/mol. The Balaban J connectivity index is 1.41. The summed E-state index contributed by atoms with van der Waals surface area (Å²) in [5.41, 5.74) is 0. The first-order chi connectivity index (χ1) is 8.31. The minimum absolute atomic E-state index is 0.328. The summed E-state index contributed by atoms with van der Waals surface area (Å²) in [6, 6.07) is 3.52. The first kappa shape index (κ1) is 11.0. The summed E-state index contributed by atoms with van der Waals surface area (Å²) in [4.78, 5) is 3.87. The van der Waals surface area contributed by atoms with Gasteiger partial charge in [-0.2, -0.15) is 0 Å². The van der Waals surface area contributed by atoms with E-state index in [9.17, 15) is 4.39 Å². The smallest absolute Gasteiger partial charge is 0.213 e. The molecule has 2 heterocycles. The van der Waals surface area contributed by atoms with Gasteiger partial charge in [0.2, 0.25) is 5.88 Å². The lowest BCUT2D eigenvalue weighted by molar-refractivity contribution is 0.257. The SMILES string of the molecule is Fc1ccc(OCCC2CC3CC3CN2)nc1. The fourth-order valence-corrected chi connectivity index (χ4v) is 2.59. The topological polar surface area (TPSA) is 34.1 Å². The van der Waals surface area contributed by atoms with Gasteiger partial charge in [0.1, 0.15) is 5.82 Å². The van der Waals surface area contributed by atoms with Crippen molar-refractivity contribution in [2.45, 2.75) is 25.3 Å². The van der Waals surface area contributed by atoms with Gasteiger partial charge >= 0.3 is 0 Å². The van der Waals surface area contributed by atoms with E-state index in [2.05, 4.69) is 10.3 Å². The predicted molar refractivity (Wildman–Crippen MR) is 62.3 cm³/mol. The van der Waals surface area contributed by atoms with Crippen molar-refractivity contribution < 1.29 is 9.13 Å². The Bertz CT molecular complexity index is 382. The van der Waals surface area contributed by atoms with E-state index in [0.29, 0.717) is 18.5 Å². The van der Waals surface area contributed by atoms with Crippen molar-refractivity contribution in [1.82, 2.24) is 10.3 Å². The number of rotatable bonds is 4. The van der Waals surface area contributed by atoms with Gasteiger partial charge < -0.3 is 10.1 Å². The molecule has 4 heteroatoms. The fraction of sp³-hybridized carbons (Fsp3) is 0.615. The van der Waals surface area contributed by atoms with Gasteiger partial charge in [0.15, 0.2) is 0 Å². The minimum Gasteiger partial charge on any atom is -0.478 e. The first-order valence-electron chi connectivity index (χ1n) is 6.29. The number of nitrogens with one attached hydrogen (secondary N) is 1. The molecule has 0 spiro atoms. The number of ether oxygens (including phenoxy) is 1. The molecule has 92 valence electrons. The van der Waals surface area contributed by atoms with E-state index in [0.717, 1.165) is 18.3 Å². The average Bonchev–Trinajstić information content (AvgIpc) is 3.10. The number of pyridine rings is 1. The normalized spacial score (nSPS) is 30.8. The van der Waals surface area contributed by atoms with Crippen molar-refractivity contribution in [3.63, 3.8) is 0 Å². The van der Waals surface area contributed by atoms with Crippen molar-refractivity contribution in [3.05, 3.63) is 24.1 Å². The van der Waals surface area contributed by atoms with E-state index < -0.39 is 0 Å². The lowest BCUT2D eigenvalue weighted by Crippen LogP contribution is -2.36. The number of hydrogen-bond acceptors (Lipinski definition) is 3. The summed E-state index contributed by atoms with van der Waals surface area (Å²) in [6.45, 7) is 1.82. The van der Waals surface area contributed by atoms with Crippen LogP contribution in [0.2, 0.25) is 0 Å². The summed E-state index contributed by atoms with van der Waals surface area (Å²) >= 11 is 0. The van der Waals surface area contributed by atoms with Crippen molar-refractivity contribution in [3.8, 4) is 5.88 Å². The first-order valence-corrected chi connectivity index (χ1v) is 6.29. The van der Waals surface area contributed by atoms with Crippen LogP contribution in [0.4, 0.5) is 4.39 Å². The number of piperidine rings is 1. The van der Waals surface area contributed by atoms with Crippen LogP contribution >= 0.6 is 0 Å². The van der Waals surface area contributed by atoms with Gasteiger partial charge in [-0.1, -0.05) is 0 Å². The van der Waals surface area contributed by atoms with Crippen LogP contribution in [0, 0.1) is 17.7 Å². The highest BCUT2D eigenvalue weighted by Gasteiger charge is 2.41. The van der Waals surface area contributed by atoms with Crippen molar-refractivity contribution in [2.24, 2.45) is 11.8 Å². The summed E-state index contributed by atoms with van der Waals surface area (Å²) < 4.78 is 18.1. The van der Waals surface area contributed by atoms with Crippen molar-refractivity contribution in [2.75, 3.05) is 13.2 Å². The maximum absolute atomic E-state index is 12.6. The van der Waals surface area contributed by atoms with Crippen LogP contribution in [0.1, 0.15) is 19.3 Å². The lowest BCUT2D eigenvalue weighted by atomic mass is 10.0. The van der Waals surface area contributed by atoms with Crippen molar-refractivity contribution >= 4 is 0 Å². The van der Waals surface area contributed by atoms with Crippen LogP contribution in [-0.2, 0) is 0 Å². The van der Waals surface area contributed by atoms with Gasteiger partial charge in [0.25, 0.3) is 0 Å². The average molecular weight is 236 g/mol. The third kappa shape index (κ3) is 2.75. The lowest BCUT2D eigenvalue weighted by Gasteiger charge is -2.22. The van der Waals surface area contributed by atoms with Gasteiger partial charge in [0, 0.05) is 12.1 Å². The molecule has 0 aromatic carbocycles. The third-order valence-corrected chi connectivity index (χ3v) is 3.74. The molecule has 17 heavy (non-hydrogen) atoms. The van der Waals surface area contributed by atoms with Crippen LogP contribution in [0.15, 0.2) is 18.3 Å². The van der Waals surface area contributed by atoms with Gasteiger partial charge in [-0.05, 0) is 43.7 Å². The molecule has 3 unspecified atom stereocenters. The molecule has 1 N–H and O–H groups in total. The number of halogens is 1. The van der Waals surface area contributed by atoms with E-state index in [1.54, 1.807) is 6.07 Å². The second-order valence-corrected chi connectivity index (χ2v) is 5.05. The van der Waals surface area contributed by atoms with E-state index in [1.807, 2.05) is 0 Å². The van der Waals surface area contributed by atoms with Crippen LogP contribution in [0.5, 0.6) is 5.88 Å². The summed E-state index contributed by atoms with van der Waals surface area (Å²) in [7, 11) is 0. The molecular formula is C13H17FN2O. The maximum atomic E-state index is 12.6. The highest BCUT2D eigenvalue weighted by Crippen LogP contribution is 2.44. The molecule has 0 bridgehead atoms. The number of aromatic nitrogens is 1. The largest absolute Gasteiger partial charge is 0.478 e. The highest BCUT2D eigenvalue weighted by atomic mass is 19.1. The summed E-state index contributed by atoms with van der Waals surface area (Å²) in [6.07, 6.45) is 4.88. The molecule has 0 amide bonds. The van der Waals surface area contributed by atoms with Gasteiger partial charge in [0.05, 0.1) is 12.8 Å². The molecular weight excluding hydrogens is 219 g/mol. The van der Waals surface area contributed by atoms with E-state index in [4.69, 9.17) is 4.74 Å². The highest BCUT2D eigenvalue weighted by molar-refractivity contribution is 5.10. The molecule has 3 rings (SSSR count). The molecule has 3 atom stereocenters. The number of fused-ring (bicyclic) bond motifs is 1. The molecule has 2 aliphatic rings. The molecule has 1 aliphatic carbocycles. The van der Waals surface area contributed by atoms with Gasteiger partial charge in [-0.25, -0.2) is 9.37 Å². The molecule has 3 nitrogen and oxygen atoms in total. The minimum atomic E-state index is -0.328. The van der Waals surface area contributed by atoms with Gasteiger partial charge in [-0.15, -0.1) is 0 Å². The zero-order valence-electron chi connectivity index (χ0n) is 9.73. The summed E-state index contributed by atoms with van der Waals surface area (Å²) in [5.74, 6) is 2.09. The second kappa shape index (κ2) is 4.61. The molecule has 1 saturated heterocycles. The Morgan fingerprint density at radius 3 is 3.06 bits per heavy atom. The van der Waals surface area contributed by atoms with Crippen LogP contribution in [0.3, 0.4) is 0 Å². The standard InChI is InChI=1S/C13H17FN2O/c14-11-1-2-13(16-8-11)17-4-3-12-6-9-5-10(9)7-15-12/h1-2,8-10,12,15H,3-7H2. The maximum Gasteiger partial charge on any atom is 0.213 e. The number of nitrogens with zero attached hydrogens (tertiary/aromatic N) is 1. The Hall–Kier alpha value is -1.16. The molecule has 0 radical (unpaired) electrons. The number of hydrogen-bond donors (Lipinski definition) is 1. The van der Waals surface area contributed by atoms with E-state index in [1.165, 1.54) is 31.6 Å². The molecule has 1 aliphatic heterocycles. The van der Waals surface area contributed by atoms with Crippen LogP contribution in [0.25, 0.3) is 0 Å². The Kier molecular flexibility index (Phi) is 2.97.